The molecule has 21 heavy (non-hydrogen) atoms. The third-order valence-electron chi connectivity index (χ3n) is 2.83. The summed E-state index contributed by atoms with van der Waals surface area (Å²) < 4.78 is 20.6. The number of esters is 1. The zero-order chi connectivity index (χ0) is 15.8. The molecule has 0 saturated carbocycles. The number of methoxy groups -OCH3 is 3. The summed E-state index contributed by atoms with van der Waals surface area (Å²) >= 11 is 0. The van der Waals surface area contributed by atoms with E-state index in [1.807, 2.05) is 6.07 Å². The molecule has 0 spiro atoms. The van der Waals surface area contributed by atoms with Crippen molar-refractivity contribution in [1.29, 1.82) is 5.26 Å². The van der Waals surface area contributed by atoms with Crippen LogP contribution in [0.5, 0.6) is 17.2 Å². The van der Waals surface area contributed by atoms with Gasteiger partial charge in [-0.15, -0.1) is 0 Å². The summed E-state index contributed by atoms with van der Waals surface area (Å²) in [5.74, 6) is 1.15. The molecule has 0 aliphatic rings. The molecule has 0 N–H and O–H groups in total. The molecule has 0 bridgehead atoms. The van der Waals surface area contributed by atoms with Crippen LogP contribution in [0.4, 0.5) is 0 Å². The Morgan fingerprint density at radius 3 is 2.19 bits per heavy atom. The Bertz CT molecular complexity index is 510. The average molecular weight is 293 g/mol. The van der Waals surface area contributed by atoms with Gasteiger partial charge in [0.25, 0.3) is 0 Å². The van der Waals surface area contributed by atoms with E-state index in [2.05, 4.69) is 0 Å². The highest BCUT2D eigenvalue weighted by Gasteiger charge is 2.14. The molecular formula is C15H19NO5. The lowest BCUT2D eigenvalue weighted by atomic mass is 10.1. The number of benzene rings is 1. The number of rotatable bonds is 7. The van der Waals surface area contributed by atoms with Gasteiger partial charge < -0.3 is 18.9 Å². The number of nitriles is 1. The number of carbonyl (C=O) groups is 1. The molecule has 1 aromatic carbocycles. The molecule has 0 unspecified atom stereocenters. The van der Waals surface area contributed by atoms with Gasteiger partial charge >= 0.3 is 5.97 Å². The van der Waals surface area contributed by atoms with E-state index in [0.29, 0.717) is 23.7 Å². The molecule has 6 heteroatoms. The normalized spacial score (nSPS) is 11.2. The Morgan fingerprint density at radius 2 is 1.76 bits per heavy atom. The molecule has 6 nitrogen and oxygen atoms in total. The van der Waals surface area contributed by atoms with E-state index < -0.39 is 12.1 Å². The average Bonchev–Trinajstić information content (AvgIpc) is 2.51. The van der Waals surface area contributed by atoms with Gasteiger partial charge in [0.1, 0.15) is 6.07 Å². The lowest BCUT2D eigenvalue weighted by molar-refractivity contribution is -0.145. The van der Waals surface area contributed by atoms with Gasteiger partial charge in [0.2, 0.25) is 5.75 Å². The van der Waals surface area contributed by atoms with Crippen LogP contribution in [-0.4, -0.2) is 33.4 Å². The maximum atomic E-state index is 11.6. The Labute approximate surface area is 124 Å². The first-order valence-electron chi connectivity index (χ1n) is 6.43. The minimum Gasteiger partial charge on any atom is -0.493 e. The number of ether oxygens (including phenoxy) is 4. The topological polar surface area (TPSA) is 77.8 Å². The molecule has 0 amide bonds. The molecule has 0 heterocycles. The monoisotopic (exact) mass is 293 g/mol. The highest BCUT2D eigenvalue weighted by atomic mass is 16.5. The molecule has 114 valence electrons. The number of aryl methyl sites for hydroxylation is 1. The standard InChI is InChI=1S/C15H19NO5/c1-10(9-16)21-14(17)6-5-11-7-12(18-2)15(20-4)13(8-11)19-3/h7-8,10H,5-6H2,1-4H3/t10-/m1/s1. The summed E-state index contributed by atoms with van der Waals surface area (Å²) in [5, 5.41) is 8.59. The summed E-state index contributed by atoms with van der Waals surface area (Å²) in [6, 6.07) is 5.41. The predicted molar refractivity (Wildman–Crippen MR) is 75.6 cm³/mol. The molecule has 0 aliphatic carbocycles. The summed E-state index contributed by atoms with van der Waals surface area (Å²) in [6.45, 7) is 1.53. The van der Waals surface area contributed by atoms with Crippen LogP contribution in [0, 0.1) is 11.3 Å². The second-order valence-corrected chi connectivity index (χ2v) is 4.29. The van der Waals surface area contributed by atoms with Crippen LogP contribution >= 0.6 is 0 Å². The quantitative estimate of drug-likeness (QED) is 0.716. The van der Waals surface area contributed by atoms with Crippen molar-refractivity contribution in [2.75, 3.05) is 21.3 Å². The number of hydrogen-bond acceptors (Lipinski definition) is 6. The van der Waals surface area contributed by atoms with Gasteiger partial charge in [0.15, 0.2) is 17.6 Å². The van der Waals surface area contributed by atoms with E-state index in [4.69, 9.17) is 24.2 Å². The maximum Gasteiger partial charge on any atom is 0.307 e. The zero-order valence-corrected chi connectivity index (χ0v) is 12.6. The molecule has 0 saturated heterocycles. The van der Waals surface area contributed by atoms with E-state index >= 15 is 0 Å². The number of carbonyl (C=O) groups excluding carboxylic acids is 1. The van der Waals surface area contributed by atoms with Crippen molar-refractivity contribution in [3.8, 4) is 23.3 Å². The van der Waals surface area contributed by atoms with Gasteiger partial charge in [-0.3, -0.25) is 4.79 Å². The highest BCUT2D eigenvalue weighted by Crippen LogP contribution is 2.38. The van der Waals surface area contributed by atoms with Crippen LogP contribution in [0.25, 0.3) is 0 Å². The molecule has 0 aliphatic heterocycles. The number of nitrogens with zero attached hydrogens (tertiary/aromatic N) is 1. The Morgan fingerprint density at radius 1 is 1.19 bits per heavy atom. The summed E-state index contributed by atoms with van der Waals surface area (Å²) in [6.07, 6.45) is -0.115. The molecule has 0 aromatic heterocycles. The molecule has 0 fully saturated rings. The van der Waals surface area contributed by atoms with E-state index in [-0.39, 0.29) is 6.42 Å². The van der Waals surface area contributed by atoms with Gasteiger partial charge in [0, 0.05) is 6.42 Å². The van der Waals surface area contributed by atoms with Gasteiger partial charge in [-0.25, -0.2) is 0 Å². The molecule has 0 radical (unpaired) electrons. The predicted octanol–water partition coefficient (Wildman–Crippen LogP) is 2.10. The summed E-state index contributed by atoms with van der Waals surface area (Å²) in [4.78, 5) is 11.6. The van der Waals surface area contributed by atoms with Crippen LogP contribution in [0.3, 0.4) is 0 Å². The van der Waals surface area contributed by atoms with Crippen molar-refractivity contribution in [3.05, 3.63) is 17.7 Å². The minimum atomic E-state index is -0.738. The lowest BCUT2D eigenvalue weighted by Crippen LogP contribution is -2.13. The highest BCUT2D eigenvalue weighted by molar-refractivity contribution is 5.70. The Hall–Kier alpha value is -2.42. The van der Waals surface area contributed by atoms with Crippen LogP contribution in [0.2, 0.25) is 0 Å². The smallest absolute Gasteiger partial charge is 0.307 e. The van der Waals surface area contributed by atoms with Gasteiger partial charge in [0.05, 0.1) is 21.3 Å². The fraction of sp³-hybridized carbons (Fsp3) is 0.467. The van der Waals surface area contributed by atoms with Crippen molar-refractivity contribution in [2.45, 2.75) is 25.9 Å². The summed E-state index contributed by atoms with van der Waals surface area (Å²) in [5.41, 5.74) is 0.853. The van der Waals surface area contributed by atoms with Crippen LogP contribution in [0.15, 0.2) is 12.1 Å². The summed E-state index contributed by atoms with van der Waals surface area (Å²) in [7, 11) is 4.59. The fourth-order valence-corrected chi connectivity index (χ4v) is 1.81. The van der Waals surface area contributed by atoms with E-state index in [1.54, 1.807) is 12.1 Å². The largest absolute Gasteiger partial charge is 0.493 e. The van der Waals surface area contributed by atoms with Crippen LogP contribution in [0.1, 0.15) is 18.9 Å². The third-order valence-corrected chi connectivity index (χ3v) is 2.83. The Kier molecular flexibility index (Phi) is 6.34. The molecular weight excluding hydrogens is 274 g/mol. The first kappa shape index (κ1) is 16.6. The van der Waals surface area contributed by atoms with Crippen molar-refractivity contribution < 1.29 is 23.7 Å². The van der Waals surface area contributed by atoms with Gasteiger partial charge in [-0.1, -0.05) is 0 Å². The zero-order valence-electron chi connectivity index (χ0n) is 12.6. The first-order chi connectivity index (χ1) is 10.0. The molecule has 1 atom stereocenters. The van der Waals surface area contributed by atoms with E-state index in [9.17, 15) is 4.79 Å². The fourth-order valence-electron chi connectivity index (χ4n) is 1.81. The van der Waals surface area contributed by atoms with Crippen molar-refractivity contribution >= 4 is 5.97 Å². The SMILES string of the molecule is COc1cc(CCC(=O)O[C@H](C)C#N)cc(OC)c1OC. The first-order valence-corrected chi connectivity index (χ1v) is 6.43. The molecule has 1 aromatic rings. The maximum absolute atomic E-state index is 11.6. The second kappa shape index (κ2) is 8.00. The van der Waals surface area contributed by atoms with Crippen molar-refractivity contribution in [3.63, 3.8) is 0 Å². The second-order valence-electron chi connectivity index (χ2n) is 4.29. The van der Waals surface area contributed by atoms with Crippen molar-refractivity contribution in [2.24, 2.45) is 0 Å². The van der Waals surface area contributed by atoms with E-state index in [1.165, 1.54) is 28.3 Å². The van der Waals surface area contributed by atoms with Crippen LogP contribution in [-0.2, 0) is 16.0 Å². The van der Waals surface area contributed by atoms with Gasteiger partial charge in [-0.05, 0) is 31.0 Å². The third kappa shape index (κ3) is 4.56. The van der Waals surface area contributed by atoms with Crippen molar-refractivity contribution in [1.82, 2.24) is 0 Å². The Balaban J connectivity index is 2.80. The lowest BCUT2D eigenvalue weighted by Gasteiger charge is -2.14. The minimum absolute atomic E-state index is 0.171. The van der Waals surface area contributed by atoms with Gasteiger partial charge in [-0.2, -0.15) is 5.26 Å². The van der Waals surface area contributed by atoms with Crippen LogP contribution < -0.4 is 14.2 Å². The van der Waals surface area contributed by atoms with E-state index in [0.717, 1.165) is 5.56 Å². The number of hydrogen-bond donors (Lipinski definition) is 0. The molecule has 1 rings (SSSR count).